The van der Waals surface area contributed by atoms with Gasteiger partial charge < -0.3 is 9.47 Å². The second kappa shape index (κ2) is 7.40. The highest BCUT2D eigenvalue weighted by Crippen LogP contribution is 2.28. The third kappa shape index (κ3) is 4.29. The number of ether oxygens (including phenoxy) is 2. The van der Waals surface area contributed by atoms with Gasteiger partial charge in [-0.15, -0.1) is 0 Å². The third-order valence-corrected chi connectivity index (χ3v) is 3.18. The van der Waals surface area contributed by atoms with Gasteiger partial charge in [-0.25, -0.2) is 4.79 Å². The van der Waals surface area contributed by atoms with E-state index in [4.69, 9.17) is 9.47 Å². The molecule has 0 saturated carbocycles. The zero-order chi connectivity index (χ0) is 16.8. The number of carbonyl (C=O) groups is 1. The van der Waals surface area contributed by atoms with Gasteiger partial charge in [-0.1, -0.05) is 29.8 Å². The van der Waals surface area contributed by atoms with Crippen molar-refractivity contribution in [3.8, 4) is 5.75 Å². The van der Waals surface area contributed by atoms with Crippen LogP contribution >= 0.6 is 0 Å². The van der Waals surface area contributed by atoms with Gasteiger partial charge in [-0.2, -0.15) is 0 Å². The number of hydrogen-bond donors (Lipinski definition) is 0. The molecule has 0 radical (unpaired) electrons. The summed E-state index contributed by atoms with van der Waals surface area (Å²) in [6, 6.07) is 11.6. The van der Waals surface area contributed by atoms with Crippen LogP contribution in [0.15, 0.2) is 42.5 Å². The number of nitro groups is 1. The molecule has 0 unspecified atom stereocenters. The van der Waals surface area contributed by atoms with Crippen LogP contribution in [-0.2, 0) is 11.3 Å². The molecule has 0 bridgehead atoms. The number of aryl methyl sites for hydroxylation is 1. The van der Waals surface area contributed by atoms with Gasteiger partial charge >= 0.3 is 11.7 Å². The van der Waals surface area contributed by atoms with Crippen LogP contribution < -0.4 is 4.74 Å². The van der Waals surface area contributed by atoms with Crippen molar-refractivity contribution in [3.63, 3.8) is 0 Å². The third-order valence-electron chi connectivity index (χ3n) is 3.18. The van der Waals surface area contributed by atoms with Crippen molar-refractivity contribution < 1.29 is 19.2 Å². The van der Waals surface area contributed by atoms with Crippen LogP contribution in [0.2, 0.25) is 0 Å². The molecule has 0 aliphatic carbocycles. The van der Waals surface area contributed by atoms with Gasteiger partial charge in [0.2, 0.25) is 0 Å². The maximum atomic E-state index is 12.0. The largest absolute Gasteiger partial charge is 0.487 e. The van der Waals surface area contributed by atoms with Crippen molar-refractivity contribution in [3.05, 3.63) is 69.3 Å². The second-order valence-electron chi connectivity index (χ2n) is 4.93. The Morgan fingerprint density at radius 3 is 2.48 bits per heavy atom. The topological polar surface area (TPSA) is 78.7 Å². The number of carbonyl (C=O) groups excluding carboxylic acids is 1. The second-order valence-corrected chi connectivity index (χ2v) is 4.93. The summed E-state index contributed by atoms with van der Waals surface area (Å²) in [5, 5.41) is 11.1. The molecular formula is C17H17NO5. The maximum absolute atomic E-state index is 12.0. The van der Waals surface area contributed by atoms with E-state index in [2.05, 4.69) is 0 Å². The molecule has 0 spiro atoms. The molecule has 23 heavy (non-hydrogen) atoms. The Morgan fingerprint density at radius 2 is 1.87 bits per heavy atom. The highest BCUT2D eigenvalue weighted by molar-refractivity contribution is 5.90. The quantitative estimate of drug-likeness (QED) is 0.462. The molecule has 0 aliphatic rings. The Labute approximate surface area is 133 Å². The average Bonchev–Trinajstić information content (AvgIpc) is 2.54. The van der Waals surface area contributed by atoms with Crippen LogP contribution in [0, 0.1) is 17.0 Å². The molecule has 0 amide bonds. The number of hydrogen-bond acceptors (Lipinski definition) is 5. The van der Waals surface area contributed by atoms with Crippen LogP contribution in [0.3, 0.4) is 0 Å². The number of nitrogens with zero attached hydrogens (tertiary/aromatic N) is 1. The molecule has 120 valence electrons. The minimum absolute atomic E-state index is 0.111. The summed E-state index contributed by atoms with van der Waals surface area (Å²) in [6.45, 7) is 4.11. The van der Waals surface area contributed by atoms with Gasteiger partial charge in [-0.3, -0.25) is 10.1 Å². The van der Waals surface area contributed by atoms with E-state index in [-0.39, 0.29) is 23.6 Å². The first kappa shape index (κ1) is 16.5. The van der Waals surface area contributed by atoms with E-state index in [0.717, 1.165) is 11.1 Å². The standard InChI is InChI=1S/C17H17NO5/c1-3-22-16-9-8-14(10-15(16)18(20)21)17(19)23-11-13-6-4-12(2)5-7-13/h4-10H,3,11H2,1-2H3. The van der Waals surface area contributed by atoms with E-state index in [1.165, 1.54) is 18.2 Å². The number of nitro benzene ring substituents is 1. The van der Waals surface area contributed by atoms with Crippen molar-refractivity contribution in [2.24, 2.45) is 0 Å². The minimum Gasteiger partial charge on any atom is -0.487 e. The normalized spacial score (nSPS) is 10.2. The first-order valence-electron chi connectivity index (χ1n) is 7.15. The fourth-order valence-electron chi connectivity index (χ4n) is 1.98. The number of rotatable bonds is 6. The fraction of sp³-hybridized carbons (Fsp3) is 0.235. The van der Waals surface area contributed by atoms with Crippen molar-refractivity contribution in [1.82, 2.24) is 0 Å². The van der Waals surface area contributed by atoms with Gasteiger partial charge in [0.15, 0.2) is 5.75 Å². The van der Waals surface area contributed by atoms with Crippen LogP contribution in [-0.4, -0.2) is 17.5 Å². The van der Waals surface area contributed by atoms with Crippen LogP contribution in [0.1, 0.15) is 28.4 Å². The molecule has 0 saturated heterocycles. The van der Waals surface area contributed by atoms with Crippen molar-refractivity contribution in [1.29, 1.82) is 0 Å². The highest BCUT2D eigenvalue weighted by Gasteiger charge is 2.19. The molecule has 0 atom stereocenters. The summed E-state index contributed by atoms with van der Waals surface area (Å²) in [6.07, 6.45) is 0. The molecule has 2 aromatic rings. The van der Waals surface area contributed by atoms with E-state index in [9.17, 15) is 14.9 Å². The number of esters is 1. The molecule has 0 heterocycles. The molecule has 0 fully saturated rings. The van der Waals surface area contributed by atoms with Crippen LogP contribution in [0.25, 0.3) is 0 Å². The van der Waals surface area contributed by atoms with Gasteiger partial charge in [0.05, 0.1) is 17.1 Å². The van der Waals surface area contributed by atoms with Gasteiger partial charge in [0.1, 0.15) is 6.61 Å². The Kier molecular flexibility index (Phi) is 5.30. The maximum Gasteiger partial charge on any atom is 0.338 e. The molecule has 2 rings (SSSR count). The molecular weight excluding hydrogens is 298 g/mol. The van der Waals surface area contributed by atoms with Crippen molar-refractivity contribution in [2.75, 3.05) is 6.61 Å². The minimum atomic E-state index is -0.614. The van der Waals surface area contributed by atoms with Crippen molar-refractivity contribution in [2.45, 2.75) is 20.5 Å². The summed E-state index contributed by atoms with van der Waals surface area (Å²) in [5.41, 5.74) is 1.83. The lowest BCUT2D eigenvalue weighted by molar-refractivity contribution is -0.385. The zero-order valence-corrected chi connectivity index (χ0v) is 12.9. The highest BCUT2D eigenvalue weighted by atomic mass is 16.6. The summed E-state index contributed by atoms with van der Waals surface area (Å²) in [7, 11) is 0. The molecule has 0 N–H and O–H groups in total. The van der Waals surface area contributed by atoms with Gasteiger partial charge in [0.25, 0.3) is 0 Å². The predicted molar refractivity (Wildman–Crippen MR) is 84.6 cm³/mol. The lowest BCUT2D eigenvalue weighted by Crippen LogP contribution is -2.07. The Balaban J connectivity index is 2.11. The van der Waals surface area contributed by atoms with E-state index < -0.39 is 10.9 Å². The first-order chi connectivity index (χ1) is 11.0. The smallest absolute Gasteiger partial charge is 0.338 e. The monoisotopic (exact) mass is 315 g/mol. The summed E-state index contributed by atoms with van der Waals surface area (Å²) < 4.78 is 10.4. The van der Waals surface area contributed by atoms with E-state index in [1.807, 2.05) is 31.2 Å². The summed E-state index contributed by atoms with van der Waals surface area (Å²) in [5.74, 6) is -0.482. The Hall–Kier alpha value is -2.89. The van der Waals surface area contributed by atoms with E-state index in [0.29, 0.717) is 6.61 Å². The lowest BCUT2D eigenvalue weighted by Gasteiger charge is -2.07. The average molecular weight is 315 g/mol. The van der Waals surface area contributed by atoms with Crippen LogP contribution in [0.5, 0.6) is 5.75 Å². The zero-order valence-electron chi connectivity index (χ0n) is 12.9. The number of benzene rings is 2. The SMILES string of the molecule is CCOc1ccc(C(=O)OCc2ccc(C)cc2)cc1[N+](=O)[O-]. The molecule has 6 nitrogen and oxygen atoms in total. The Bertz CT molecular complexity index is 709. The Morgan fingerprint density at radius 1 is 1.17 bits per heavy atom. The van der Waals surface area contributed by atoms with Crippen LogP contribution in [0.4, 0.5) is 5.69 Å². The lowest BCUT2D eigenvalue weighted by atomic mass is 10.1. The molecule has 0 aliphatic heterocycles. The summed E-state index contributed by atoms with van der Waals surface area (Å²) in [4.78, 5) is 22.5. The van der Waals surface area contributed by atoms with Gasteiger partial charge in [-0.05, 0) is 31.5 Å². The molecule has 2 aromatic carbocycles. The van der Waals surface area contributed by atoms with E-state index >= 15 is 0 Å². The predicted octanol–water partition coefficient (Wildman–Crippen LogP) is 3.66. The van der Waals surface area contributed by atoms with Gasteiger partial charge in [0, 0.05) is 6.07 Å². The summed E-state index contributed by atoms with van der Waals surface area (Å²) >= 11 is 0. The van der Waals surface area contributed by atoms with E-state index in [1.54, 1.807) is 6.92 Å². The molecule has 6 heteroatoms. The fourth-order valence-corrected chi connectivity index (χ4v) is 1.98. The first-order valence-corrected chi connectivity index (χ1v) is 7.15. The molecule has 0 aromatic heterocycles. The van der Waals surface area contributed by atoms with Crippen molar-refractivity contribution >= 4 is 11.7 Å².